The molecule has 1 aliphatic carbocycles. The molecule has 5 nitrogen and oxygen atoms in total. The van der Waals surface area contributed by atoms with Crippen LogP contribution in [0.25, 0.3) is 5.65 Å². The summed E-state index contributed by atoms with van der Waals surface area (Å²) in [6, 6.07) is 4.25. The van der Waals surface area contributed by atoms with Crippen molar-refractivity contribution in [2.24, 2.45) is 5.73 Å². The van der Waals surface area contributed by atoms with Crippen LogP contribution in [0.3, 0.4) is 0 Å². The average Bonchev–Trinajstić information content (AvgIpc) is 2.87. The lowest BCUT2D eigenvalue weighted by Gasteiger charge is -2.14. The number of nitrogens with zero attached hydrogens (tertiary/aromatic N) is 3. The van der Waals surface area contributed by atoms with E-state index in [0.717, 1.165) is 36.4 Å². The third-order valence-corrected chi connectivity index (χ3v) is 3.20. The van der Waals surface area contributed by atoms with E-state index in [4.69, 9.17) is 10.5 Å². The van der Waals surface area contributed by atoms with E-state index in [1.165, 1.54) is 0 Å². The Morgan fingerprint density at radius 3 is 3.06 bits per heavy atom. The third kappa shape index (κ3) is 1.98. The van der Waals surface area contributed by atoms with Gasteiger partial charge in [0, 0.05) is 12.1 Å². The van der Waals surface area contributed by atoms with E-state index in [-0.39, 0.29) is 12.1 Å². The van der Waals surface area contributed by atoms with Gasteiger partial charge in [0.2, 0.25) is 5.88 Å². The van der Waals surface area contributed by atoms with Crippen LogP contribution in [0.2, 0.25) is 0 Å². The molecule has 0 saturated heterocycles. The first-order chi connectivity index (χ1) is 8.22. The van der Waals surface area contributed by atoms with Gasteiger partial charge in [-0.3, -0.25) is 0 Å². The Morgan fingerprint density at radius 1 is 1.41 bits per heavy atom. The van der Waals surface area contributed by atoms with E-state index in [1.807, 2.05) is 19.1 Å². The van der Waals surface area contributed by atoms with Crippen molar-refractivity contribution in [1.82, 2.24) is 14.6 Å². The highest BCUT2D eigenvalue weighted by molar-refractivity contribution is 5.43. The zero-order valence-electron chi connectivity index (χ0n) is 9.84. The van der Waals surface area contributed by atoms with E-state index in [2.05, 4.69) is 10.1 Å². The molecule has 2 aromatic heterocycles. The van der Waals surface area contributed by atoms with E-state index in [9.17, 15) is 0 Å². The van der Waals surface area contributed by atoms with Crippen LogP contribution in [0.15, 0.2) is 18.5 Å². The summed E-state index contributed by atoms with van der Waals surface area (Å²) in [7, 11) is 0. The molecule has 3 rings (SSSR count). The van der Waals surface area contributed by atoms with Gasteiger partial charge in [0.15, 0.2) is 5.65 Å². The SMILES string of the molecule is Cc1cc(OC2CCC(N)C2)n2ncnc2c1. The van der Waals surface area contributed by atoms with Crippen LogP contribution in [0.5, 0.6) is 5.88 Å². The minimum absolute atomic E-state index is 0.208. The summed E-state index contributed by atoms with van der Waals surface area (Å²) in [4.78, 5) is 4.18. The zero-order chi connectivity index (χ0) is 11.8. The average molecular weight is 232 g/mol. The maximum Gasteiger partial charge on any atom is 0.216 e. The van der Waals surface area contributed by atoms with Crippen LogP contribution in [0.1, 0.15) is 24.8 Å². The largest absolute Gasteiger partial charge is 0.474 e. The van der Waals surface area contributed by atoms with E-state index < -0.39 is 0 Å². The number of ether oxygens (including phenoxy) is 1. The Morgan fingerprint density at radius 2 is 2.29 bits per heavy atom. The normalized spacial score (nSPS) is 24.4. The first-order valence-electron chi connectivity index (χ1n) is 5.95. The number of nitrogens with two attached hydrogens (primary N) is 1. The first kappa shape index (κ1) is 10.5. The van der Waals surface area contributed by atoms with Crippen molar-refractivity contribution in [2.75, 3.05) is 0 Å². The summed E-state index contributed by atoms with van der Waals surface area (Å²) in [5.41, 5.74) is 7.84. The molecule has 90 valence electrons. The molecule has 1 aliphatic rings. The topological polar surface area (TPSA) is 65.4 Å². The van der Waals surface area contributed by atoms with Crippen molar-refractivity contribution in [3.05, 3.63) is 24.0 Å². The molecule has 0 aliphatic heterocycles. The van der Waals surface area contributed by atoms with Crippen molar-refractivity contribution in [1.29, 1.82) is 0 Å². The fraction of sp³-hybridized carbons (Fsp3) is 0.500. The molecule has 17 heavy (non-hydrogen) atoms. The van der Waals surface area contributed by atoms with E-state index in [1.54, 1.807) is 10.8 Å². The van der Waals surface area contributed by atoms with Crippen molar-refractivity contribution in [3.63, 3.8) is 0 Å². The number of aromatic nitrogens is 3. The summed E-state index contributed by atoms with van der Waals surface area (Å²) in [5.74, 6) is 0.761. The number of hydrogen-bond donors (Lipinski definition) is 1. The molecule has 0 spiro atoms. The number of rotatable bonds is 2. The van der Waals surface area contributed by atoms with Gasteiger partial charge in [0.05, 0.1) is 0 Å². The van der Waals surface area contributed by atoms with Crippen molar-refractivity contribution in [2.45, 2.75) is 38.3 Å². The van der Waals surface area contributed by atoms with Gasteiger partial charge in [0.1, 0.15) is 12.4 Å². The van der Waals surface area contributed by atoms with Crippen LogP contribution >= 0.6 is 0 Å². The van der Waals surface area contributed by atoms with Gasteiger partial charge in [-0.2, -0.15) is 9.61 Å². The lowest BCUT2D eigenvalue weighted by atomic mass is 10.2. The van der Waals surface area contributed by atoms with Gasteiger partial charge in [-0.25, -0.2) is 4.98 Å². The molecule has 0 radical (unpaired) electrons. The highest BCUT2D eigenvalue weighted by atomic mass is 16.5. The molecule has 2 aromatic rings. The predicted octanol–water partition coefficient (Wildman–Crippen LogP) is 1.30. The second-order valence-corrected chi connectivity index (χ2v) is 4.71. The molecule has 2 unspecified atom stereocenters. The minimum Gasteiger partial charge on any atom is -0.474 e. The summed E-state index contributed by atoms with van der Waals surface area (Å²) < 4.78 is 7.71. The molecule has 1 saturated carbocycles. The molecular weight excluding hydrogens is 216 g/mol. The lowest BCUT2D eigenvalue weighted by molar-refractivity contribution is 0.194. The molecule has 5 heteroatoms. The first-order valence-corrected chi connectivity index (χ1v) is 5.95. The number of fused-ring (bicyclic) bond motifs is 1. The summed E-state index contributed by atoms with van der Waals surface area (Å²) in [5, 5.41) is 4.17. The van der Waals surface area contributed by atoms with Crippen molar-refractivity contribution >= 4 is 5.65 Å². The van der Waals surface area contributed by atoms with E-state index in [0.29, 0.717) is 0 Å². The molecule has 2 N–H and O–H groups in total. The fourth-order valence-corrected chi connectivity index (χ4v) is 2.35. The van der Waals surface area contributed by atoms with Crippen LogP contribution in [0, 0.1) is 6.92 Å². The molecule has 0 aromatic carbocycles. The molecule has 0 bridgehead atoms. The van der Waals surface area contributed by atoms with Crippen LogP contribution in [-0.4, -0.2) is 26.7 Å². The van der Waals surface area contributed by atoms with Crippen molar-refractivity contribution < 1.29 is 4.74 Å². The summed E-state index contributed by atoms with van der Waals surface area (Å²) in [6.45, 7) is 2.03. The number of aryl methyl sites for hydroxylation is 1. The monoisotopic (exact) mass is 232 g/mol. The lowest BCUT2D eigenvalue weighted by Crippen LogP contribution is -2.20. The molecule has 2 atom stereocenters. The maximum atomic E-state index is 5.98. The Bertz CT molecular complexity index is 536. The van der Waals surface area contributed by atoms with Gasteiger partial charge < -0.3 is 10.5 Å². The highest BCUT2D eigenvalue weighted by Gasteiger charge is 2.24. The predicted molar refractivity (Wildman–Crippen MR) is 64.0 cm³/mol. The summed E-state index contributed by atoms with van der Waals surface area (Å²) in [6.07, 6.45) is 4.73. The van der Waals surface area contributed by atoms with Gasteiger partial charge in [0.25, 0.3) is 0 Å². The molecule has 2 heterocycles. The smallest absolute Gasteiger partial charge is 0.216 e. The Labute approximate surface area is 99.6 Å². The number of hydrogen-bond acceptors (Lipinski definition) is 4. The maximum absolute atomic E-state index is 5.98. The van der Waals surface area contributed by atoms with Crippen LogP contribution in [-0.2, 0) is 0 Å². The van der Waals surface area contributed by atoms with Gasteiger partial charge >= 0.3 is 0 Å². The summed E-state index contributed by atoms with van der Waals surface area (Å²) >= 11 is 0. The third-order valence-electron chi connectivity index (χ3n) is 3.20. The highest BCUT2D eigenvalue weighted by Crippen LogP contribution is 2.24. The standard InChI is InChI=1S/C12H16N4O/c1-8-4-11-14-7-15-16(11)12(5-8)17-10-3-2-9(13)6-10/h4-5,7,9-10H,2-3,6,13H2,1H3. The van der Waals surface area contributed by atoms with Crippen LogP contribution in [0.4, 0.5) is 0 Å². The molecular formula is C12H16N4O. The van der Waals surface area contributed by atoms with Crippen LogP contribution < -0.4 is 10.5 Å². The van der Waals surface area contributed by atoms with Gasteiger partial charge in [-0.05, 0) is 37.8 Å². The Kier molecular flexibility index (Phi) is 2.48. The van der Waals surface area contributed by atoms with Crippen molar-refractivity contribution in [3.8, 4) is 5.88 Å². The second-order valence-electron chi connectivity index (χ2n) is 4.71. The number of pyridine rings is 1. The Balaban J connectivity index is 1.91. The van der Waals surface area contributed by atoms with Gasteiger partial charge in [-0.1, -0.05) is 0 Å². The second kappa shape index (κ2) is 4.00. The quantitative estimate of drug-likeness (QED) is 0.847. The molecule has 1 fully saturated rings. The zero-order valence-corrected chi connectivity index (χ0v) is 9.84. The van der Waals surface area contributed by atoms with E-state index >= 15 is 0 Å². The van der Waals surface area contributed by atoms with Gasteiger partial charge in [-0.15, -0.1) is 0 Å². The Hall–Kier alpha value is -1.62. The minimum atomic E-state index is 0.208. The fourth-order valence-electron chi connectivity index (χ4n) is 2.35. The molecule has 0 amide bonds.